The largest absolute Gasteiger partial charge is 0.496 e. The van der Waals surface area contributed by atoms with Crippen LogP contribution in [0, 0.1) is 0 Å². The summed E-state index contributed by atoms with van der Waals surface area (Å²) in [6.07, 6.45) is 3.36. The van der Waals surface area contributed by atoms with Gasteiger partial charge >= 0.3 is 0 Å². The minimum atomic E-state index is 0.334. The standard InChI is InChI=1S/C14H23NOS/c1-11(17-4)9-10-15-12(2)13-7-5-6-8-14(13)16-3/h5-8,11-12,15H,9-10H2,1-4H3. The van der Waals surface area contributed by atoms with Crippen LogP contribution in [0.5, 0.6) is 5.75 Å². The number of methoxy groups -OCH3 is 1. The van der Waals surface area contributed by atoms with Gasteiger partial charge in [-0.1, -0.05) is 25.1 Å². The van der Waals surface area contributed by atoms with Crippen LogP contribution in [0.2, 0.25) is 0 Å². The topological polar surface area (TPSA) is 21.3 Å². The molecule has 0 heterocycles. The number of ether oxygens (including phenoxy) is 1. The van der Waals surface area contributed by atoms with Gasteiger partial charge in [-0.05, 0) is 32.2 Å². The Bertz CT molecular complexity index is 330. The van der Waals surface area contributed by atoms with E-state index in [2.05, 4.69) is 37.6 Å². The fourth-order valence-corrected chi connectivity index (χ4v) is 2.11. The number of para-hydroxylation sites is 1. The average molecular weight is 253 g/mol. The van der Waals surface area contributed by atoms with Crippen molar-refractivity contribution in [3.8, 4) is 5.75 Å². The lowest BCUT2D eigenvalue weighted by Crippen LogP contribution is -2.22. The Balaban J connectivity index is 2.49. The Hall–Kier alpha value is -0.670. The molecule has 2 nitrogen and oxygen atoms in total. The summed E-state index contributed by atoms with van der Waals surface area (Å²) < 4.78 is 5.37. The predicted molar refractivity (Wildman–Crippen MR) is 77.0 cm³/mol. The second kappa shape index (κ2) is 7.62. The second-order valence-corrected chi connectivity index (χ2v) is 5.53. The highest BCUT2D eigenvalue weighted by atomic mass is 32.2. The third-order valence-electron chi connectivity index (χ3n) is 3.01. The number of rotatable bonds is 7. The lowest BCUT2D eigenvalue weighted by molar-refractivity contribution is 0.401. The van der Waals surface area contributed by atoms with Gasteiger partial charge in [-0.3, -0.25) is 0 Å². The quantitative estimate of drug-likeness (QED) is 0.804. The van der Waals surface area contributed by atoms with Crippen LogP contribution in [0.15, 0.2) is 24.3 Å². The Kier molecular flexibility index (Phi) is 6.45. The van der Waals surface area contributed by atoms with Crippen molar-refractivity contribution >= 4 is 11.8 Å². The first-order valence-electron chi connectivity index (χ1n) is 6.08. The van der Waals surface area contributed by atoms with Gasteiger partial charge in [0.1, 0.15) is 5.75 Å². The zero-order valence-electron chi connectivity index (χ0n) is 11.2. The van der Waals surface area contributed by atoms with E-state index in [1.165, 1.54) is 12.0 Å². The van der Waals surface area contributed by atoms with Crippen LogP contribution < -0.4 is 10.1 Å². The highest BCUT2D eigenvalue weighted by molar-refractivity contribution is 7.99. The van der Waals surface area contributed by atoms with Gasteiger partial charge in [-0.2, -0.15) is 11.8 Å². The molecule has 0 spiro atoms. The molecule has 0 aliphatic rings. The van der Waals surface area contributed by atoms with Crippen molar-refractivity contribution in [1.29, 1.82) is 0 Å². The predicted octanol–water partition coefficient (Wildman–Crippen LogP) is 3.49. The van der Waals surface area contributed by atoms with E-state index in [1.807, 2.05) is 23.9 Å². The summed E-state index contributed by atoms with van der Waals surface area (Å²) in [7, 11) is 1.72. The summed E-state index contributed by atoms with van der Waals surface area (Å²) in [5.41, 5.74) is 1.23. The van der Waals surface area contributed by atoms with Crippen LogP contribution in [-0.4, -0.2) is 25.2 Å². The Morgan fingerprint density at radius 3 is 2.65 bits per heavy atom. The SMILES string of the molecule is COc1ccccc1C(C)NCCC(C)SC. The Morgan fingerprint density at radius 2 is 2.00 bits per heavy atom. The first-order valence-corrected chi connectivity index (χ1v) is 7.37. The van der Waals surface area contributed by atoms with Crippen molar-refractivity contribution in [1.82, 2.24) is 5.32 Å². The van der Waals surface area contributed by atoms with Gasteiger partial charge in [-0.25, -0.2) is 0 Å². The molecule has 0 amide bonds. The summed E-state index contributed by atoms with van der Waals surface area (Å²) in [6, 6.07) is 8.53. The van der Waals surface area contributed by atoms with Gasteiger partial charge < -0.3 is 10.1 Å². The highest BCUT2D eigenvalue weighted by Gasteiger charge is 2.10. The van der Waals surface area contributed by atoms with Crippen molar-refractivity contribution in [2.45, 2.75) is 31.6 Å². The lowest BCUT2D eigenvalue weighted by Gasteiger charge is -2.18. The summed E-state index contributed by atoms with van der Waals surface area (Å²) in [5.74, 6) is 0.963. The smallest absolute Gasteiger partial charge is 0.123 e. The van der Waals surface area contributed by atoms with E-state index >= 15 is 0 Å². The van der Waals surface area contributed by atoms with Crippen molar-refractivity contribution < 1.29 is 4.74 Å². The van der Waals surface area contributed by atoms with Crippen LogP contribution in [0.25, 0.3) is 0 Å². The molecule has 0 aromatic heterocycles. The molecule has 0 fully saturated rings. The lowest BCUT2D eigenvalue weighted by atomic mass is 10.1. The molecule has 1 rings (SSSR count). The van der Waals surface area contributed by atoms with Gasteiger partial charge in [0.2, 0.25) is 0 Å². The molecule has 0 bridgehead atoms. The van der Waals surface area contributed by atoms with Gasteiger partial charge in [0, 0.05) is 16.9 Å². The van der Waals surface area contributed by atoms with E-state index in [4.69, 9.17) is 4.74 Å². The van der Waals surface area contributed by atoms with Crippen molar-refractivity contribution in [2.24, 2.45) is 0 Å². The molecule has 0 radical (unpaired) electrons. The minimum absolute atomic E-state index is 0.334. The summed E-state index contributed by atoms with van der Waals surface area (Å²) in [4.78, 5) is 0. The molecule has 0 saturated carbocycles. The number of benzene rings is 1. The minimum Gasteiger partial charge on any atom is -0.496 e. The van der Waals surface area contributed by atoms with E-state index in [0.717, 1.165) is 12.3 Å². The molecule has 1 N–H and O–H groups in total. The molecule has 96 valence electrons. The van der Waals surface area contributed by atoms with Crippen molar-refractivity contribution in [2.75, 3.05) is 19.9 Å². The van der Waals surface area contributed by atoms with Crippen LogP contribution in [0.3, 0.4) is 0 Å². The first kappa shape index (κ1) is 14.4. The zero-order chi connectivity index (χ0) is 12.7. The molecule has 0 saturated heterocycles. The van der Waals surface area contributed by atoms with Gasteiger partial charge in [0.15, 0.2) is 0 Å². The molecular formula is C14H23NOS. The van der Waals surface area contributed by atoms with Gasteiger partial charge in [0.05, 0.1) is 7.11 Å². The van der Waals surface area contributed by atoms with E-state index in [1.54, 1.807) is 7.11 Å². The fourth-order valence-electron chi connectivity index (χ4n) is 1.76. The second-order valence-electron chi connectivity index (χ2n) is 4.25. The molecular weight excluding hydrogens is 230 g/mol. The van der Waals surface area contributed by atoms with Crippen molar-refractivity contribution in [3.05, 3.63) is 29.8 Å². The molecule has 2 atom stereocenters. The number of hydrogen-bond acceptors (Lipinski definition) is 3. The van der Waals surface area contributed by atoms with E-state index in [-0.39, 0.29) is 0 Å². The summed E-state index contributed by atoms with van der Waals surface area (Å²) in [5, 5.41) is 4.26. The highest BCUT2D eigenvalue weighted by Crippen LogP contribution is 2.24. The van der Waals surface area contributed by atoms with E-state index in [0.29, 0.717) is 11.3 Å². The van der Waals surface area contributed by atoms with Crippen molar-refractivity contribution in [3.63, 3.8) is 0 Å². The van der Waals surface area contributed by atoms with Crippen LogP contribution >= 0.6 is 11.8 Å². The Labute approximate surface area is 109 Å². The van der Waals surface area contributed by atoms with Crippen LogP contribution in [-0.2, 0) is 0 Å². The molecule has 2 unspecified atom stereocenters. The number of hydrogen-bond donors (Lipinski definition) is 1. The fraction of sp³-hybridized carbons (Fsp3) is 0.571. The molecule has 3 heteroatoms. The normalized spacial score (nSPS) is 14.4. The number of nitrogens with one attached hydrogen (secondary N) is 1. The van der Waals surface area contributed by atoms with E-state index in [9.17, 15) is 0 Å². The molecule has 1 aromatic carbocycles. The van der Waals surface area contributed by atoms with Crippen LogP contribution in [0.1, 0.15) is 31.9 Å². The maximum absolute atomic E-state index is 5.37. The van der Waals surface area contributed by atoms with Gasteiger partial charge in [-0.15, -0.1) is 0 Å². The number of thioether (sulfide) groups is 1. The maximum atomic E-state index is 5.37. The zero-order valence-corrected chi connectivity index (χ0v) is 12.0. The van der Waals surface area contributed by atoms with Gasteiger partial charge in [0.25, 0.3) is 0 Å². The third kappa shape index (κ3) is 4.60. The monoisotopic (exact) mass is 253 g/mol. The maximum Gasteiger partial charge on any atom is 0.123 e. The third-order valence-corrected chi connectivity index (χ3v) is 4.05. The molecule has 0 aliphatic heterocycles. The Morgan fingerprint density at radius 1 is 1.29 bits per heavy atom. The average Bonchev–Trinajstić information content (AvgIpc) is 2.38. The molecule has 1 aromatic rings. The molecule has 0 aliphatic carbocycles. The first-order chi connectivity index (χ1) is 8.19. The van der Waals surface area contributed by atoms with E-state index < -0.39 is 0 Å². The molecule has 17 heavy (non-hydrogen) atoms. The summed E-state index contributed by atoms with van der Waals surface area (Å²) in [6.45, 7) is 5.49. The van der Waals surface area contributed by atoms with Crippen LogP contribution in [0.4, 0.5) is 0 Å². The summed E-state index contributed by atoms with van der Waals surface area (Å²) >= 11 is 1.92.